The molecule has 0 aliphatic heterocycles. The van der Waals surface area contributed by atoms with Gasteiger partial charge in [0.2, 0.25) is 0 Å². The molecule has 1 N–H and O–H groups in total. The minimum Gasteiger partial charge on any atom is -0.387 e. The van der Waals surface area contributed by atoms with Crippen LogP contribution in [0.3, 0.4) is 0 Å². The first-order chi connectivity index (χ1) is 8.22. The van der Waals surface area contributed by atoms with E-state index in [1.54, 1.807) is 13.1 Å². The van der Waals surface area contributed by atoms with Crippen LogP contribution in [0.2, 0.25) is 0 Å². The lowest BCUT2D eigenvalue weighted by Gasteiger charge is -2.08. The SMILES string of the molecule is CCCn1nccc1-c1cccc([C@H](C)O)n1. The van der Waals surface area contributed by atoms with Crippen LogP contribution in [-0.4, -0.2) is 19.9 Å². The Kier molecular flexibility index (Phi) is 3.54. The van der Waals surface area contributed by atoms with Crippen LogP contribution < -0.4 is 0 Å². The van der Waals surface area contributed by atoms with Gasteiger partial charge in [-0.3, -0.25) is 4.68 Å². The largest absolute Gasteiger partial charge is 0.387 e. The molecule has 2 aromatic rings. The third-order valence-corrected chi connectivity index (χ3v) is 2.61. The normalized spacial score (nSPS) is 12.6. The average molecular weight is 231 g/mol. The molecule has 2 rings (SSSR count). The highest BCUT2D eigenvalue weighted by Gasteiger charge is 2.08. The number of pyridine rings is 1. The third-order valence-electron chi connectivity index (χ3n) is 2.61. The summed E-state index contributed by atoms with van der Waals surface area (Å²) in [6, 6.07) is 7.63. The van der Waals surface area contributed by atoms with E-state index in [1.165, 1.54) is 0 Å². The topological polar surface area (TPSA) is 50.9 Å². The van der Waals surface area contributed by atoms with Gasteiger partial charge in [0.1, 0.15) is 0 Å². The van der Waals surface area contributed by atoms with Crippen molar-refractivity contribution in [1.82, 2.24) is 14.8 Å². The minimum absolute atomic E-state index is 0.544. The van der Waals surface area contributed by atoms with Crippen LogP contribution in [-0.2, 0) is 6.54 Å². The molecular formula is C13H17N3O. The molecule has 2 heterocycles. The van der Waals surface area contributed by atoms with Crippen molar-refractivity contribution in [3.05, 3.63) is 36.2 Å². The Morgan fingerprint density at radius 1 is 1.35 bits per heavy atom. The zero-order valence-corrected chi connectivity index (χ0v) is 10.2. The molecule has 4 heteroatoms. The fourth-order valence-corrected chi connectivity index (χ4v) is 1.77. The van der Waals surface area contributed by atoms with Gasteiger partial charge in [0.25, 0.3) is 0 Å². The monoisotopic (exact) mass is 231 g/mol. The summed E-state index contributed by atoms with van der Waals surface area (Å²) in [6.45, 7) is 4.71. The van der Waals surface area contributed by atoms with Crippen molar-refractivity contribution in [2.24, 2.45) is 0 Å². The Morgan fingerprint density at radius 2 is 2.18 bits per heavy atom. The quantitative estimate of drug-likeness (QED) is 0.879. The molecule has 90 valence electrons. The van der Waals surface area contributed by atoms with Crippen LogP contribution in [0.4, 0.5) is 0 Å². The predicted molar refractivity (Wildman–Crippen MR) is 66.4 cm³/mol. The van der Waals surface area contributed by atoms with Gasteiger partial charge in [-0.1, -0.05) is 13.0 Å². The maximum absolute atomic E-state index is 9.53. The van der Waals surface area contributed by atoms with Crippen molar-refractivity contribution in [1.29, 1.82) is 0 Å². The second kappa shape index (κ2) is 5.10. The van der Waals surface area contributed by atoms with Crippen LogP contribution in [0, 0.1) is 0 Å². The third kappa shape index (κ3) is 2.53. The summed E-state index contributed by atoms with van der Waals surface area (Å²) < 4.78 is 1.94. The van der Waals surface area contributed by atoms with E-state index < -0.39 is 6.10 Å². The summed E-state index contributed by atoms with van der Waals surface area (Å²) in [6.07, 6.45) is 2.27. The number of aromatic nitrogens is 3. The van der Waals surface area contributed by atoms with E-state index in [-0.39, 0.29) is 0 Å². The molecule has 0 saturated heterocycles. The number of rotatable bonds is 4. The van der Waals surface area contributed by atoms with Crippen LogP contribution in [0.1, 0.15) is 32.1 Å². The number of hydrogen-bond acceptors (Lipinski definition) is 3. The molecule has 0 radical (unpaired) electrons. The molecule has 0 amide bonds. The van der Waals surface area contributed by atoms with Crippen molar-refractivity contribution in [2.45, 2.75) is 32.9 Å². The fraction of sp³-hybridized carbons (Fsp3) is 0.385. The van der Waals surface area contributed by atoms with Gasteiger partial charge >= 0.3 is 0 Å². The van der Waals surface area contributed by atoms with E-state index in [0.717, 1.165) is 24.4 Å². The van der Waals surface area contributed by atoms with E-state index in [9.17, 15) is 5.11 Å². The fourth-order valence-electron chi connectivity index (χ4n) is 1.77. The predicted octanol–water partition coefficient (Wildman–Crippen LogP) is 2.41. The summed E-state index contributed by atoms with van der Waals surface area (Å²) in [5.74, 6) is 0. The zero-order valence-electron chi connectivity index (χ0n) is 10.2. The molecular weight excluding hydrogens is 214 g/mol. The Hall–Kier alpha value is -1.68. The van der Waals surface area contributed by atoms with E-state index in [2.05, 4.69) is 17.0 Å². The molecule has 0 aliphatic carbocycles. The van der Waals surface area contributed by atoms with Gasteiger partial charge in [-0.2, -0.15) is 5.10 Å². The molecule has 4 nitrogen and oxygen atoms in total. The molecule has 0 unspecified atom stereocenters. The lowest BCUT2D eigenvalue weighted by Crippen LogP contribution is -2.03. The Bertz CT molecular complexity index is 491. The first kappa shape index (κ1) is 11.8. The van der Waals surface area contributed by atoms with Crippen molar-refractivity contribution >= 4 is 0 Å². The average Bonchev–Trinajstić information content (AvgIpc) is 2.78. The van der Waals surface area contributed by atoms with Gasteiger partial charge in [-0.05, 0) is 31.5 Å². The number of aliphatic hydroxyl groups is 1. The lowest BCUT2D eigenvalue weighted by molar-refractivity contribution is 0.194. The highest BCUT2D eigenvalue weighted by molar-refractivity contribution is 5.54. The van der Waals surface area contributed by atoms with E-state index in [1.807, 2.05) is 28.9 Å². The van der Waals surface area contributed by atoms with Gasteiger partial charge in [-0.15, -0.1) is 0 Å². The summed E-state index contributed by atoms with van der Waals surface area (Å²) in [5, 5.41) is 13.8. The smallest absolute Gasteiger partial charge is 0.0932 e. The van der Waals surface area contributed by atoms with Crippen molar-refractivity contribution in [3.8, 4) is 11.4 Å². The zero-order chi connectivity index (χ0) is 12.3. The highest BCUT2D eigenvalue weighted by Crippen LogP contribution is 2.19. The molecule has 0 aliphatic rings. The van der Waals surface area contributed by atoms with E-state index in [4.69, 9.17) is 0 Å². The lowest BCUT2D eigenvalue weighted by atomic mass is 10.2. The standard InChI is InChI=1S/C13H17N3O/c1-3-9-16-13(7-8-14-16)12-6-4-5-11(15-12)10(2)17/h4-8,10,17H,3,9H2,1-2H3/t10-/m0/s1. The van der Waals surface area contributed by atoms with Crippen LogP contribution in [0.5, 0.6) is 0 Å². The van der Waals surface area contributed by atoms with E-state index >= 15 is 0 Å². The molecule has 0 aromatic carbocycles. The van der Waals surface area contributed by atoms with Gasteiger partial charge in [0.05, 0.1) is 23.2 Å². The van der Waals surface area contributed by atoms with Crippen LogP contribution in [0.15, 0.2) is 30.5 Å². The number of aliphatic hydroxyl groups excluding tert-OH is 1. The van der Waals surface area contributed by atoms with Crippen molar-refractivity contribution < 1.29 is 5.11 Å². The summed E-state index contributed by atoms with van der Waals surface area (Å²) in [4.78, 5) is 4.45. The Labute approximate surface area is 101 Å². The van der Waals surface area contributed by atoms with Gasteiger partial charge in [0, 0.05) is 12.7 Å². The maximum Gasteiger partial charge on any atom is 0.0932 e. The molecule has 0 saturated carbocycles. The van der Waals surface area contributed by atoms with Crippen molar-refractivity contribution in [3.63, 3.8) is 0 Å². The van der Waals surface area contributed by atoms with E-state index in [0.29, 0.717) is 5.69 Å². The van der Waals surface area contributed by atoms with Gasteiger partial charge in [0.15, 0.2) is 0 Å². The summed E-state index contributed by atoms with van der Waals surface area (Å²) >= 11 is 0. The number of nitrogens with zero attached hydrogens (tertiary/aromatic N) is 3. The van der Waals surface area contributed by atoms with Crippen LogP contribution in [0.25, 0.3) is 11.4 Å². The van der Waals surface area contributed by atoms with Gasteiger partial charge < -0.3 is 5.11 Å². The molecule has 2 aromatic heterocycles. The first-order valence-corrected chi connectivity index (χ1v) is 5.89. The second-order valence-electron chi connectivity index (χ2n) is 4.06. The molecule has 0 bridgehead atoms. The summed E-state index contributed by atoms with van der Waals surface area (Å²) in [5.41, 5.74) is 2.54. The summed E-state index contributed by atoms with van der Waals surface area (Å²) in [7, 11) is 0. The number of hydrogen-bond donors (Lipinski definition) is 1. The molecule has 1 atom stereocenters. The Morgan fingerprint density at radius 3 is 2.88 bits per heavy atom. The first-order valence-electron chi connectivity index (χ1n) is 5.89. The second-order valence-corrected chi connectivity index (χ2v) is 4.06. The Balaban J connectivity index is 2.38. The molecule has 0 spiro atoms. The van der Waals surface area contributed by atoms with Crippen LogP contribution >= 0.6 is 0 Å². The van der Waals surface area contributed by atoms with Gasteiger partial charge in [-0.25, -0.2) is 4.98 Å². The molecule has 17 heavy (non-hydrogen) atoms. The maximum atomic E-state index is 9.53. The molecule has 0 fully saturated rings. The number of aryl methyl sites for hydroxylation is 1. The highest BCUT2D eigenvalue weighted by atomic mass is 16.3. The minimum atomic E-state index is -0.544. The van der Waals surface area contributed by atoms with Crippen molar-refractivity contribution in [2.75, 3.05) is 0 Å².